The van der Waals surface area contributed by atoms with E-state index in [1.54, 1.807) is 18.2 Å². The van der Waals surface area contributed by atoms with Crippen molar-refractivity contribution in [1.29, 1.82) is 0 Å². The van der Waals surface area contributed by atoms with Crippen LogP contribution >= 0.6 is 15.9 Å². The first kappa shape index (κ1) is 11.4. The first-order valence-electron chi connectivity index (χ1n) is 5.39. The van der Waals surface area contributed by atoms with Crippen molar-refractivity contribution < 1.29 is 14.4 Å². The van der Waals surface area contributed by atoms with Gasteiger partial charge in [-0.05, 0) is 18.2 Å². The van der Waals surface area contributed by atoms with E-state index in [1.165, 1.54) is 7.05 Å². The lowest BCUT2D eigenvalue weighted by molar-refractivity contribution is -0.150. The number of halogens is 1. The number of carbonyl (C=O) groups is 3. The maximum atomic E-state index is 12.2. The van der Waals surface area contributed by atoms with E-state index >= 15 is 0 Å². The van der Waals surface area contributed by atoms with Crippen LogP contribution in [0.15, 0.2) is 22.7 Å². The second kappa shape index (κ2) is 3.41. The molecule has 0 aliphatic carbocycles. The molecule has 1 aromatic rings. The lowest BCUT2D eigenvalue weighted by Crippen LogP contribution is -2.69. The normalized spacial score (nSPS) is 25.9. The van der Waals surface area contributed by atoms with E-state index in [1.807, 2.05) is 0 Å². The lowest BCUT2D eigenvalue weighted by Gasteiger charge is -2.46. The number of β-lactam (4-membered cyclic amide) rings is 1. The number of nitrogens with zero attached hydrogens (tertiary/aromatic N) is 1. The zero-order chi connectivity index (χ0) is 13.1. The van der Waals surface area contributed by atoms with Crippen molar-refractivity contribution >= 4 is 33.7 Å². The minimum atomic E-state index is -1.06. The molecule has 3 amide bonds. The number of rotatable bonds is 0. The minimum Gasteiger partial charge on any atom is -0.337 e. The van der Waals surface area contributed by atoms with Crippen molar-refractivity contribution in [3.63, 3.8) is 0 Å². The highest BCUT2D eigenvalue weighted by Gasteiger charge is 2.57. The molecule has 92 valence electrons. The van der Waals surface area contributed by atoms with Crippen molar-refractivity contribution in [3.05, 3.63) is 33.8 Å². The highest BCUT2D eigenvalue weighted by molar-refractivity contribution is 9.10. The molecule has 1 spiro atoms. The summed E-state index contributed by atoms with van der Waals surface area (Å²) >= 11 is 3.32. The summed E-state index contributed by atoms with van der Waals surface area (Å²) in [6, 6.07) is 5.13. The van der Waals surface area contributed by atoms with E-state index < -0.39 is 5.54 Å². The second-order valence-electron chi connectivity index (χ2n) is 4.49. The third kappa shape index (κ3) is 1.23. The molecule has 2 aliphatic heterocycles. The molecule has 1 atom stereocenters. The fourth-order valence-corrected chi connectivity index (χ4v) is 2.84. The van der Waals surface area contributed by atoms with Gasteiger partial charge in [0.2, 0.25) is 5.91 Å². The van der Waals surface area contributed by atoms with Crippen molar-refractivity contribution in [2.45, 2.75) is 12.0 Å². The summed E-state index contributed by atoms with van der Waals surface area (Å²) in [4.78, 5) is 36.5. The Kier molecular flexibility index (Phi) is 2.16. The molecule has 18 heavy (non-hydrogen) atoms. The predicted octanol–water partition coefficient (Wildman–Crippen LogP) is 0.776. The Morgan fingerprint density at radius 3 is 2.61 bits per heavy atom. The summed E-state index contributed by atoms with van der Waals surface area (Å²) in [6.07, 6.45) is 0.0902. The summed E-state index contributed by atoms with van der Waals surface area (Å²) in [7, 11) is 1.43. The van der Waals surface area contributed by atoms with Gasteiger partial charge in [-0.1, -0.05) is 15.9 Å². The fraction of sp³-hybridized carbons (Fsp3) is 0.250. The van der Waals surface area contributed by atoms with E-state index in [4.69, 9.17) is 0 Å². The summed E-state index contributed by atoms with van der Waals surface area (Å²) in [5.74, 6) is -0.899. The average molecular weight is 309 g/mol. The van der Waals surface area contributed by atoms with Crippen LogP contribution in [0.4, 0.5) is 0 Å². The van der Waals surface area contributed by atoms with Gasteiger partial charge in [0.15, 0.2) is 5.54 Å². The molecule has 0 saturated carbocycles. The van der Waals surface area contributed by atoms with Crippen LogP contribution in [0.2, 0.25) is 0 Å². The molecular weight excluding hydrogens is 300 g/mol. The Labute approximate surface area is 111 Å². The quantitative estimate of drug-likeness (QED) is 0.569. The van der Waals surface area contributed by atoms with Gasteiger partial charge in [-0.2, -0.15) is 0 Å². The zero-order valence-corrected chi connectivity index (χ0v) is 11.1. The van der Waals surface area contributed by atoms with Crippen LogP contribution in [0.25, 0.3) is 0 Å². The Hall–Kier alpha value is -1.69. The number of hydrogen-bond acceptors (Lipinski definition) is 3. The standard InChI is InChI=1S/C12H9BrN2O3/c1-15-10(17)7-3-2-6(13)4-8(7)12(11(15)18)5-9(16)14-12/h2-4H,5H2,1H3,(H,14,16). The van der Waals surface area contributed by atoms with Crippen LogP contribution in [-0.4, -0.2) is 29.7 Å². The molecule has 0 radical (unpaired) electrons. The summed E-state index contributed by atoms with van der Waals surface area (Å²) < 4.78 is 0.770. The maximum Gasteiger partial charge on any atom is 0.260 e. The average Bonchev–Trinajstić information content (AvgIpc) is 2.30. The fourth-order valence-electron chi connectivity index (χ4n) is 2.48. The van der Waals surface area contributed by atoms with Crippen molar-refractivity contribution in [2.24, 2.45) is 0 Å². The Bertz CT molecular complexity index is 603. The molecule has 6 heteroatoms. The summed E-state index contributed by atoms with van der Waals surface area (Å²) in [5.41, 5.74) is -0.0244. The Morgan fingerprint density at radius 1 is 1.33 bits per heavy atom. The maximum absolute atomic E-state index is 12.2. The van der Waals surface area contributed by atoms with Gasteiger partial charge < -0.3 is 5.32 Å². The van der Waals surface area contributed by atoms with Crippen LogP contribution in [-0.2, 0) is 15.1 Å². The number of carbonyl (C=O) groups excluding carboxylic acids is 3. The second-order valence-corrected chi connectivity index (χ2v) is 5.41. The van der Waals surface area contributed by atoms with Crippen molar-refractivity contribution in [2.75, 3.05) is 7.05 Å². The Balaban J connectivity index is 2.25. The molecule has 1 N–H and O–H groups in total. The van der Waals surface area contributed by atoms with Gasteiger partial charge in [0.05, 0.1) is 6.42 Å². The number of amides is 3. The van der Waals surface area contributed by atoms with Crippen LogP contribution in [0.5, 0.6) is 0 Å². The third-order valence-electron chi connectivity index (χ3n) is 3.42. The van der Waals surface area contributed by atoms with E-state index in [-0.39, 0.29) is 24.1 Å². The zero-order valence-electron chi connectivity index (χ0n) is 9.49. The van der Waals surface area contributed by atoms with E-state index in [0.29, 0.717) is 11.1 Å². The van der Waals surface area contributed by atoms with Gasteiger partial charge in [-0.25, -0.2) is 0 Å². The van der Waals surface area contributed by atoms with Gasteiger partial charge in [-0.3, -0.25) is 19.3 Å². The van der Waals surface area contributed by atoms with Gasteiger partial charge >= 0.3 is 0 Å². The van der Waals surface area contributed by atoms with E-state index in [9.17, 15) is 14.4 Å². The number of likely N-dealkylation sites (N-methyl/N-ethyl adjacent to an activating group) is 1. The number of hydrogen-bond donors (Lipinski definition) is 1. The minimum absolute atomic E-state index is 0.0902. The van der Waals surface area contributed by atoms with Gasteiger partial charge in [0.25, 0.3) is 11.8 Å². The monoisotopic (exact) mass is 308 g/mol. The first-order valence-corrected chi connectivity index (χ1v) is 6.18. The molecule has 5 nitrogen and oxygen atoms in total. The van der Waals surface area contributed by atoms with Gasteiger partial charge in [0.1, 0.15) is 0 Å². The number of fused-ring (bicyclic) bond motifs is 2. The van der Waals surface area contributed by atoms with Crippen LogP contribution < -0.4 is 5.32 Å². The SMILES string of the molecule is CN1C(=O)c2ccc(Br)cc2C2(CC(=O)N2)C1=O. The van der Waals surface area contributed by atoms with E-state index in [0.717, 1.165) is 9.37 Å². The molecule has 2 heterocycles. The third-order valence-corrected chi connectivity index (χ3v) is 3.92. The summed E-state index contributed by atoms with van der Waals surface area (Å²) in [5, 5.41) is 2.64. The van der Waals surface area contributed by atoms with Crippen LogP contribution in [0, 0.1) is 0 Å². The highest BCUT2D eigenvalue weighted by atomic mass is 79.9. The summed E-state index contributed by atoms with van der Waals surface area (Å²) in [6.45, 7) is 0. The van der Waals surface area contributed by atoms with Gasteiger partial charge in [-0.15, -0.1) is 0 Å². The molecule has 0 bridgehead atoms. The molecular formula is C12H9BrN2O3. The lowest BCUT2D eigenvalue weighted by atomic mass is 9.74. The largest absolute Gasteiger partial charge is 0.337 e. The molecule has 2 aliphatic rings. The number of imide groups is 1. The molecule has 3 rings (SSSR count). The number of benzene rings is 1. The smallest absolute Gasteiger partial charge is 0.260 e. The van der Waals surface area contributed by atoms with Gasteiger partial charge in [0, 0.05) is 22.6 Å². The molecule has 0 aromatic heterocycles. The topological polar surface area (TPSA) is 66.5 Å². The van der Waals surface area contributed by atoms with Crippen molar-refractivity contribution in [3.8, 4) is 0 Å². The molecule has 1 saturated heterocycles. The molecule has 1 fully saturated rings. The number of nitrogens with one attached hydrogen (secondary N) is 1. The van der Waals surface area contributed by atoms with Crippen LogP contribution in [0.1, 0.15) is 22.3 Å². The van der Waals surface area contributed by atoms with Crippen LogP contribution in [0.3, 0.4) is 0 Å². The molecule has 1 aromatic carbocycles. The Morgan fingerprint density at radius 2 is 2.00 bits per heavy atom. The predicted molar refractivity (Wildman–Crippen MR) is 65.7 cm³/mol. The first-order chi connectivity index (χ1) is 8.45. The highest BCUT2D eigenvalue weighted by Crippen LogP contribution is 2.40. The molecule has 1 unspecified atom stereocenters. The van der Waals surface area contributed by atoms with E-state index in [2.05, 4.69) is 21.2 Å². The van der Waals surface area contributed by atoms with Crippen molar-refractivity contribution in [1.82, 2.24) is 10.2 Å².